The largest absolute Gasteiger partial charge is 0.497 e. The van der Waals surface area contributed by atoms with Gasteiger partial charge in [0.05, 0.1) is 26.0 Å². The summed E-state index contributed by atoms with van der Waals surface area (Å²) in [6.07, 6.45) is 1.68. The molecule has 1 aliphatic rings. The number of benzene rings is 1. The third kappa shape index (κ3) is 4.39. The number of furan rings is 1. The van der Waals surface area contributed by atoms with Crippen molar-refractivity contribution in [3.05, 3.63) is 71.4 Å². The van der Waals surface area contributed by atoms with Gasteiger partial charge < -0.3 is 18.6 Å². The Kier molecular flexibility index (Phi) is 6.18. The zero-order valence-corrected chi connectivity index (χ0v) is 18.8. The molecular formula is C25H31N3O3. The Labute approximate surface area is 184 Å². The Morgan fingerprint density at radius 3 is 2.55 bits per heavy atom. The molecule has 3 aromatic rings. The molecule has 1 saturated heterocycles. The van der Waals surface area contributed by atoms with E-state index in [1.165, 1.54) is 5.69 Å². The SMILES string of the molecule is COc1cccc(N2CCN([C@H](C)C(=O)c3cc(C)n(Cc4ccco4)c3C)CC2)c1. The van der Waals surface area contributed by atoms with Crippen LogP contribution in [0.5, 0.6) is 5.75 Å². The predicted molar refractivity (Wildman–Crippen MR) is 122 cm³/mol. The van der Waals surface area contributed by atoms with E-state index in [0.717, 1.165) is 54.6 Å². The average Bonchev–Trinajstić information content (AvgIpc) is 3.42. The Bertz CT molecular complexity index is 1030. The van der Waals surface area contributed by atoms with Gasteiger partial charge in [0, 0.05) is 54.9 Å². The highest BCUT2D eigenvalue weighted by Gasteiger charge is 2.28. The highest BCUT2D eigenvalue weighted by molar-refractivity contribution is 6.01. The number of methoxy groups -OCH3 is 1. The molecule has 1 aliphatic heterocycles. The molecule has 6 heteroatoms. The molecule has 0 N–H and O–H groups in total. The van der Waals surface area contributed by atoms with Gasteiger partial charge in [0.1, 0.15) is 11.5 Å². The van der Waals surface area contributed by atoms with E-state index in [1.54, 1.807) is 13.4 Å². The van der Waals surface area contributed by atoms with Gasteiger partial charge in [-0.05, 0) is 51.1 Å². The van der Waals surface area contributed by atoms with Crippen LogP contribution in [-0.4, -0.2) is 54.6 Å². The third-order valence-electron chi connectivity index (χ3n) is 6.39. The molecule has 0 radical (unpaired) electrons. The zero-order valence-electron chi connectivity index (χ0n) is 18.8. The van der Waals surface area contributed by atoms with Crippen molar-refractivity contribution in [3.8, 4) is 5.75 Å². The molecule has 1 aromatic carbocycles. The van der Waals surface area contributed by atoms with Gasteiger partial charge in [0.15, 0.2) is 5.78 Å². The first kappa shape index (κ1) is 21.2. The van der Waals surface area contributed by atoms with Crippen molar-refractivity contribution >= 4 is 11.5 Å². The third-order valence-corrected chi connectivity index (χ3v) is 6.39. The molecule has 0 unspecified atom stereocenters. The van der Waals surface area contributed by atoms with Crippen LogP contribution in [-0.2, 0) is 6.54 Å². The molecule has 1 atom stereocenters. The number of piperazine rings is 1. The normalized spacial score (nSPS) is 15.8. The number of aromatic nitrogens is 1. The van der Waals surface area contributed by atoms with Crippen molar-refractivity contribution in [2.75, 3.05) is 38.2 Å². The summed E-state index contributed by atoms with van der Waals surface area (Å²) in [5.41, 5.74) is 4.05. The number of carbonyl (C=O) groups excluding carboxylic acids is 1. The minimum Gasteiger partial charge on any atom is -0.497 e. The van der Waals surface area contributed by atoms with Crippen LogP contribution in [0.4, 0.5) is 5.69 Å². The molecule has 0 aliphatic carbocycles. The molecule has 2 aromatic heterocycles. The number of aryl methyl sites for hydroxylation is 1. The van der Waals surface area contributed by atoms with Gasteiger partial charge in [0.2, 0.25) is 0 Å². The van der Waals surface area contributed by atoms with Gasteiger partial charge in [-0.1, -0.05) is 6.07 Å². The monoisotopic (exact) mass is 421 g/mol. The molecule has 0 saturated carbocycles. The van der Waals surface area contributed by atoms with Crippen molar-refractivity contribution in [1.29, 1.82) is 0 Å². The van der Waals surface area contributed by atoms with Crippen LogP contribution in [0.2, 0.25) is 0 Å². The lowest BCUT2D eigenvalue weighted by Gasteiger charge is -2.38. The summed E-state index contributed by atoms with van der Waals surface area (Å²) >= 11 is 0. The summed E-state index contributed by atoms with van der Waals surface area (Å²) < 4.78 is 13.0. The van der Waals surface area contributed by atoms with E-state index in [4.69, 9.17) is 9.15 Å². The Morgan fingerprint density at radius 2 is 1.87 bits per heavy atom. The van der Waals surface area contributed by atoms with E-state index in [1.807, 2.05) is 51.1 Å². The van der Waals surface area contributed by atoms with Crippen molar-refractivity contribution in [3.63, 3.8) is 0 Å². The molecule has 164 valence electrons. The maximum atomic E-state index is 13.4. The Morgan fingerprint density at radius 1 is 1.10 bits per heavy atom. The van der Waals surface area contributed by atoms with E-state index in [-0.39, 0.29) is 11.8 Å². The van der Waals surface area contributed by atoms with Gasteiger partial charge in [0.25, 0.3) is 0 Å². The van der Waals surface area contributed by atoms with Crippen LogP contribution in [0, 0.1) is 13.8 Å². The van der Waals surface area contributed by atoms with Gasteiger partial charge in [-0.25, -0.2) is 0 Å². The summed E-state index contributed by atoms with van der Waals surface area (Å²) in [6.45, 7) is 10.2. The molecule has 31 heavy (non-hydrogen) atoms. The number of Topliss-reactive ketones (excluding diaryl/α,β-unsaturated/α-hetero) is 1. The number of hydrogen-bond donors (Lipinski definition) is 0. The number of ether oxygens (including phenoxy) is 1. The lowest BCUT2D eigenvalue weighted by Crippen LogP contribution is -2.51. The second-order valence-electron chi connectivity index (χ2n) is 8.22. The van der Waals surface area contributed by atoms with E-state index in [0.29, 0.717) is 6.54 Å². The topological polar surface area (TPSA) is 50.9 Å². The lowest BCUT2D eigenvalue weighted by atomic mass is 10.0. The second-order valence-corrected chi connectivity index (χ2v) is 8.22. The molecule has 0 bridgehead atoms. The Hall–Kier alpha value is -2.99. The standard InChI is InChI=1S/C25H31N3O3/c1-18-15-24(19(2)28(18)17-23-9-6-14-31-23)25(29)20(3)26-10-12-27(13-11-26)21-7-5-8-22(16-21)30-4/h5-9,14-16,20H,10-13,17H2,1-4H3/t20-/m1/s1. The number of carbonyl (C=O) groups is 1. The summed E-state index contributed by atoms with van der Waals surface area (Å²) in [5.74, 6) is 1.95. The maximum absolute atomic E-state index is 13.4. The summed E-state index contributed by atoms with van der Waals surface area (Å²) in [4.78, 5) is 18.0. The van der Waals surface area contributed by atoms with Gasteiger partial charge in [-0.2, -0.15) is 0 Å². The number of rotatable bonds is 7. The molecule has 4 rings (SSSR count). The van der Waals surface area contributed by atoms with Crippen molar-refractivity contribution < 1.29 is 13.9 Å². The first-order valence-electron chi connectivity index (χ1n) is 10.8. The first-order valence-corrected chi connectivity index (χ1v) is 10.8. The minimum absolute atomic E-state index is 0.148. The summed E-state index contributed by atoms with van der Waals surface area (Å²) in [6, 6.07) is 13.9. The number of anilines is 1. The molecular weight excluding hydrogens is 390 g/mol. The number of ketones is 1. The van der Waals surface area contributed by atoms with E-state index in [9.17, 15) is 4.79 Å². The fourth-order valence-corrected chi connectivity index (χ4v) is 4.42. The van der Waals surface area contributed by atoms with Crippen LogP contribution in [0.15, 0.2) is 53.1 Å². The van der Waals surface area contributed by atoms with Crippen molar-refractivity contribution in [2.45, 2.75) is 33.4 Å². The molecule has 3 heterocycles. The fraction of sp³-hybridized carbons (Fsp3) is 0.400. The van der Waals surface area contributed by atoms with E-state index >= 15 is 0 Å². The smallest absolute Gasteiger partial charge is 0.181 e. The molecule has 6 nitrogen and oxygen atoms in total. The van der Waals surface area contributed by atoms with E-state index < -0.39 is 0 Å². The van der Waals surface area contributed by atoms with Crippen LogP contribution in [0.1, 0.15) is 34.4 Å². The van der Waals surface area contributed by atoms with Gasteiger partial charge in [-0.15, -0.1) is 0 Å². The van der Waals surface area contributed by atoms with Crippen molar-refractivity contribution in [2.24, 2.45) is 0 Å². The average molecular weight is 422 g/mol. The first-order chi connectivity index (χ1) is 15.0. The molecule has 0 spiro atoms. The quantitative estimate of drug-likeness (QED) is 0.537. The molecule has 0 amide bonds. The van der Waals surface area contributed by atoms with Gasteiger partial charge >= 0.3 is 0 Å². The highest BCUT2D eigenvalue weighted by Crippen LogP contribution is 2.24. The number of nitrogens with zero attached hydrogens (tertiary/aromatic N) is 3. The maximum Gasteiger partial charge on any atom is 0.181 e. The van der Waals surface area contributed by atoms with Crippen LogP contribution in [0.25, 0.3) is 0 Å². The second kappa shape index (κ2) is 9.02. The van der Waals surface area contributed by atoms with Gasteiger partial charge in [-0.3, -0.25) is 9.69 Å². The van der Waals surface area contributed by atoms with Crippen molar-refractivity contribution in [1.82, 2.24) is 9.47 Å². The fourth-order valence-electron chi connectivity index (χ4n) is 4.42. The highest BCUT2D eigenvalue weighted by atomic mass is 16.5. The number of hydrogen-bond acceptors (Lipinski definition) is 5. The summed E-state index contributed by atoms with van der Waals surface area (Å²) in [5, 5.41) is 0. The minimum atomic E-state index is -0.148. The lowest BCUT2D eigenvalue weighted by molar-refractivity contribution is 0.0829. The van der Waals surface area contributed by atoms with E-state index in [2.05, 4.69) is 26.5 Å². The Balaban J connectivity index is 1.42. The summed E-state index contributed by atoms with van der Waals surface area (Å²) in [7, 11) is 1.69. The van der Waals surface area contributed by atoms with Crippen LogP contribution in [0.3, 0.4) is 0 Å². The predicted octanol–water partition coefficient (Wildman–Crippen LogP) is 4.15. The van der Waals surface area contributed by atoms with Crippen LogP contribution >= 0.6 is 0 Å². The zero-order chi connectivity index (χ0) is 22.0. The van der Waals surface area contributed by atoms with Crippen LogP contribution < -0.4 is 9.64 Å². The molecule has 1 fully saturated rings.